The summed E-state index contributed by atoms with van der Waals surface area (Å²) < 4.78 is 44.0. The van der Waals surface area contributed by atoms with Crippen LogP contribution in [0.15, 0.2) is 24.3 Å². The number of nitrogens with two attached hydrogens (primary N) is 1. The molecule has 0 bridgehead atoms. The van der Waals surface area contributed by atoms with Crippen molar-refractivity contribution in [2.45, 2.75) is 32.9 Å². The molecule has 29 heavy (non-hydrogen) atoms. The van der Waals surface area contributed by atoms with E-state index in [1.54, 1.807) is 13.8 Å². The van der Waals surface area contributed by atoms with Crippen LogP contribution in [0.4, 0.5) is 19.0 Å². The molecule has 156 valence electrons. The number of carbonyl (C=O) groups is 2. The topological polar surface area (TPSA) is 94.3 Å². The number of alkyl halides is 3. The number of aromatic nitrogens is 1. The van der Waals surface area contributed by atoms with Crippen LogP contribution in [-0.4, -0.2) is 23.4 Å². The van der Waals surface area contributed by atoms with Crippen molar-refractivity contribution < 1.29 is 27.5 Å². The lowest BCUT2D eigenvalue weighted by Gasteiger charge is -2.15. The van der Waals surface area contributed by atoms with Gasteiger partial charge in [-0.1, -0.05) is 18.5 Å². The van der Waals surface area contributed by atoms with Crippen molar-refractivity contribution in [1.29, 1.82) is 0 Å². The SMILES string of the molecule is CCC(=O)Nc1nc(C)c(C(N)=O)cc1CCOc1cc(C(F)(F)F)ccc1Cl. The third-order valence-electron chi connectivity index (χ3n) is 4.02. The van der Waals surface area contributed by atoms with Gasteiger partial charge in [-0.25, -0.2) is 4.98 Å². The van der Waals surface area contributed by atoms with Crippen molar-refractivity contribution in [3.63, 3.8) is 0 Å². The van der Waals surface area contributed by atoms with Crippen molar-refractivity contribution in [3.05, 3.63) is 51.7 Å². The van der Waals surface area contributed by atoms with Gasteiger partial charge < -0.3 is 15.8 Å². The summed E-state index contributed by atoms with van der Waals surface area (Å²) in [6.07, 6.45) is -4.18. The Balaban J connectivity index is 2.24. The molecule has 0 aliphatic heterocycles. The van der Waals surface area contributed by atoms with E-state index in [-0.39, 0.29) is 47.5 Å². The fourth-order valence-electron chi connectivity index (χ4n) is 2.48. The van der Waals surface area contributed by atoms with E-state index in [1.165, 1.54) is 6.07 Å². The Morgan fingerprint density at radius 1 is 1.28 bits per heavy atom. The highest BCUT2D eigenvalue weighted by Gasteiger charge is 2.31. The van der Waals surface area contributed by atoms with Gasteiger partial charge in [0, 0.05) is 12.8 Å². The average Bonchev–Trinajstić information content (AvgIpc) is 2.63. The number of ether oxygens (including phenoxy) is 1. The molecular weight excluding hydrogens is 411 g/mol. The smallest absolute Gasteiger partial charge is 0.416 e. The number of pyridine rings is 1. The molecule has 2 amide bonds. The maximum absolute atomic E-state index is 12.9. The zero-order chi connectivity index (χ0) is 21.8. The van der Waals surface area contributed by atoms with Gasteiger partial charge in [-0.3, -0.25) is 9.59 Å². The van der Waals surface area contributed by atoms with Crippen molar-refractivity contribution in [2.24, 2.45) is 5.73 Å². The molecule has 0 aliphatic carbocycles. The molecule has 1 aromatic carbocycles. The number of benzene rings is 1. The number of primary amides is 1. The van der Waals surface area contributed by atoms with Crippen molar-refractivity contribution in [1.82, 2.24) is 4.98 Å². The van der Waals surface area contributed by atoms with Gasteiger partial charge in [0.25, 0.3) is 5.91 Å². The van der Waals surface area contributed by atoms with Gasteiger partial charge in [-0.05, 0) is 36.8 Å². The predicted molar refractivity (Wildman–Crippen MR) is 102 cm³/mol. The van der Waals surface area contributed by atoms with Gasteiger partial charge in [0.1, 0.15) is 11.6 Å². The van der Waals surface area contributed by atoms with E-state index in [9.17, 15) is 22.8 Å². The van der Waals surface area contributed by atoms with Gasteiger partial charge in [0.05, 0.1) is 28.5 Å². The van der Waals surface area contributed by atoms with Crippen LogP contribution in [0.25, 0.3) is 0 Å². The monoisotopic (exact) mass is 429 g/mol. The molecule has 6 nitrogen and oxygen atoms in total. The second-order valence-electron chi connectivity index (χ2n) is 6.14. The Kier molecular flexibility index (Phi) is 7.07. The summed E-state index contributed by atoms with van der Waals surface area (Å²) in [7, 11) is 0. The normalized spacial score (nSPS) is 11.2. The molecule has 2 aromatic rings. The highest BCUT2D eigenvalue weighted by atomic mass is 35.5. The number of hydrogen-bond donors (Lipinski definition) is 2. The van der Waals surface area contributed by atoms with Crippen LogP contribution < -0.4 is 15.8 Å². The first-order valence-corrected chi connectivity index (χ1v) is 9.00. The lowest BCUT2D eigenvalue weighted by Crippen LogP contribution is -2.19. The highest BCUT2D eigenvalue weighted by molar-refractivity contribution is 6.32. The van der Waals surface area contributed by atoms with E-state index in [4.69, 9.17) is 22.1 Å². The lowest BCUT2D eigenvalue weighted by molar-refractivity contribution is -0.137. The minimum atomic E-state index is -4.53. The summed E-state index contributed by atoms with van der Waals surface area (Å²) in [5, 5.41) is 2.65. The van der Waals surface area contributed by atoms with E-state index in [0.29, 0.717) is 11.3 Å². The third kappa shape index (κ3) is 5.83. The number of rotatable bonds is 7. The quantitative estimate of drug-likeness (QED) is 0.691. The van der Waals surface area contributed by atoms with Gasteiger partial charge in [-0.2, -0.15) is 13.2 Å². The van der Waals surface area contributed by atoms with Gasteiger partial charge in [-0.15, -0.1) is 0 Å². The first kappa shape index (κ1) is 22.5. The van der Waals surface area contributed by atoms with Crippen LogP contribution in [0.3, 0.4) is 0 Å². The molecule has 2 rings (SSSR count). The number of nitrogens with one attached hydrogen (secondary N) is 1. The lowest BCUT2D eigenvalue weighted by atomic mass is 10.1. The summed E-state index contributed by atoms with van der Waals surface area (Å²) in [4.78, 5) is 27.5. The van der Waals surface area contributed by atoms with E-state index in [1.807, 2.05) is 0 Å². The summed E-state index contributed by atoms with van der Waals surface area (Å²) in [6.45, 7) is 3.17. The van der Waals surface area contributed by atoms with Crippen LogP contribution in [0.2, 0.25) is 5.02 Å². The molecule has 0 saturated carbocycles. The van der Waals surface area contributed by atoms with Gasteiger partial charge >= 0.3 is 6.18 Å². The molecule has 10 heteroatoms. The van der Waals surface area contributed by atoms with E-state index in [2.05, 4.69) is 10.3 Å². The summed E-state index contributed by atoms with van der Waals surface area (Å²) in [5.41, 5.74) is 5.42. The Morgan fingerprint density at radius 3 is 2.55 bits per heavy atom. The number of nitrogens with zero attached hydrogens (tertiary/aromatic N) is 1. The van der Waals surface area contributed by atoms with Crippen molar-refractivity contribution in [3.8, 4) is 5.75 Å². The van der Waals surface area contributed by atoms with Gasteiger partial charge in [0.15, 0.2) is 0 Å². The number of anilines is 1. The van der Waals surface area contributed by atoms with E-state index in [0.717, 1.165) is 18.2 Å². The number of halogens is 4. The van der Waals surface area contributed by atoms with Crippen LogP contribution >= 0.6 is 11.6 Å². The molecule has 1 heterocycles. The van der Waals surface area contributed by atoms with Gasteiger partial charge in [0.2, 0.25) is 5.91 Å². The van der Waals surface area contributed by atoms with E-state index >= 15 is 0 Å². The highest BCUT2D eigenvalue weighted by Crippen LogP contribution is 2.35. The average molecular weight is 430 g/mol. The molecule has 0 aliphatic rings. The number of hydrogen-bond acceptors (Lipinski definition) is 4. The maximum atomic E-state index is 12.9. The molecule has 0 saturated heterocycles. The summed E-state index contributed by atoms with van der Waals surface area (Å²) in [6, 6.07) is 4.25. The Hall–Kier alpha value is -2.81. The fraction of sp³-hybridized carbons (Fsp3) is 0.316. The molecule has 0 unspecified atom stereocenters. The second-order valence-corrected chi connectivity index (χ2v) is 6.54. The second kappa shape index (κ2) is 9.13. The fourth-order valence-corrected chi connectivity index (χ4v) is 2.65. The Bertz CT molecular complexity index is 933. The van der Waals surface area contributed by atoms with Crippen LogP contribution in [-0.2, 0) is 17.4 Å². The first-order chi connectivity index (χ1) is 13.5. The van der Waals surface area contributed by atoms with E-state index < -0.39 is 17.6 Å². The zero-order valence-electron chi connectivity index (χ0n) is 15.7. The molecule has 0 atom stereocenters. The number of aryl methyl sites for hydroxylation is 1. The van der Waals surface area contributed by atoms with Crippen LogP contribution in [0.1, 0.15) is 40.5 Å². The molecule has 0 spiro atoms. The minimum absolute atomic E-state index is 0.0253. The maximum Gasteiger partial charge on any atom is 0.416 e. The predicted octanol–water partition coefficient (Wildman–Crippen LogP) is 4.13. The molecule has 0 fully saturated rings. The molecule has 1 aromatic heterocycles. The third-order valence-corrected chi connectivity index (χ3v) is 4.34. The minimum Gasteiger partial charge on any atom is -0.492 e. The molecule has 0 radical (unpaired) electrons. The molecular formula is C19H19ClF3N3O3. The van der Waals surface area contributed by atoms with Crippen LogP contribution in [0, 0.1) is 6.92 Å². The number of amides is 2. The van der Waals surface area contributed by atoms with Crippen molar-refractivity contribution >= 4 is 29.2 Å². The van der Waals surface area contributed by atoms with Crippen molar-refractivity contribution in [2.75, 3.05) is 11.9 Å². The first-order valence-electron chi connectivity index (χ1n) is 8.62. The zero-order valence-corrected chi connectivity index (χ0v) is 16.4. The molecule has 3 N–H and O–H groups in total. The summed E-state index contributed by atoms with van der Waals surface area (Å²) in [5.74, 6) is -0.868. The Morgan fingerprint density at radius 2 is 1.97 bits per heavy atom. The van der Waals surface area contributed by atoms with Crippen LogP contribution in [0.5, 0.6) is 5.75 Å². The number of carbonyl (C=O) groups excluding carboxylic acids is 2. The largest absolute Gasteiger partial charge is 0.492 e. The summed E-state index contributed by atoms with van der Waals surface area (Å²) >= 11 is 5.91. The Labute approximate surface area is 170 Å². The standard InChI is InChI=1S/C19H19ClF3N3O3/c1-3-16(27)26-18-11(8-13(17(24)28)10(2)25-18)6-7-29-15-9-12(19(21,22)23)4-5-14(15)20/h4-5,8-9H,3,6-7H2,1-2H3,(H2,24,28)(H,25,26,27).